The summed E-state index contributed by atoms with van der Waals surface area (Å²) in [5.74, 6) is -1.22. The number of halogens is 2. The van der Waals surface area contributed by atoms with Crippen LogP contribution >= 0.6 is 11.3 Å². The summed E-state index contributed by atoms with van der Waals surface area (Å²) < 4.78 is 27.2. The molecule has 2 nitrogen and oxygen atoms in total. The van der Waals surface area contributed by atoms with E-state index in [0.29, 0.717) is 10.8 Å². The van der Waals surface area contributed by atoms with E-state index in [1.807, 2.05) is 25.1 Å². The second-order valence-electron chi connectivity index (χ2n) is 4.27. The zero-order valence-electron chi connectivity index (χ0n) is 10.1. The van der Waals surface area contributed by atoms with Crippen LogP contribution in [0.4, 0.5) is 19.6 Å². The topological polar surface area (TPSA) is 24.9 Å². The minimum absolute atomic E-state index is 0.355. The summed E-state index contributed by atoms with van der Waals surface area (Å²) in [6, 6.07) is 9.25. The fourth-order valence-electron chi connectivity index (χ4n) is 1.83. The van der Waals surface area contributed by atoms with Crippen molar-refractivity contribution in [3.05, 3.63) is 53.6 Å². The van der Waals surface area contributed by atoms with Crippen molar-refractivity contribution in [3.63, 3.8) is 0 Å². The van der Waals surface area contributed by atoms with Gasteiger partial charge in [0.05, 0.1) is 10.2 Å². The van der Waals surface area contributed by atoms with E-state index in [2.05, 4.69) is 10.3 Å². The van der Waals surface area contributed by atoms with Gasteiger partial charge in [-0.25, -0.2) is 13.8 Å². The zero-order valence-corrected chi connectivity index (χ0v) is 10.9. The van der Waals surface area contributed by atoms with Gasteiger partial charge in [0.25, 0.3) is 0 Å². The lowest BCUT2D eigenvalue weighted by Crippen LogP contribution is -1.91. The van der Waals surface area contributed by atoms with Gasteiger partial charge in [0.15, 0.2) is 5.13 Å². The second-order valence-corrected chi connectivity index (χ2v) is 5.30. The molecule has 2 aromatic carbocycles. The van der Waals surface area contributed by atoms with Gasteiger partial charge in [-0.1, -0.05) is 17.4 Å². The molecule has 1 aromatic heterocycles. The molecule has 1 heterocycles. The first-order valence-corrected chi connectivity index (χ1v) is 6.52. The molecule has 1 N–H and O–H groups in total. The maximum absolute atomic E-state index is 13.1. The molecule has 0 saturated carbocycles. The number of nitrogens with one attached hydrogen (secondary N) is 1. The summed E-state index contributed by atoms with van der Waals surface area (Å²) in [5, 5.41) is 3.54. The van der Waals surface area contributed by atoms with Crippen LogP contribution in [0.15, 0.2) is 36.4 Å². The molecule has 3 aromatic rings. The van der Waals surface area contributed by atoms with E-state index < -0.39 is 11.6 Å². The third-order valence-electron chi connectivity index (χ3n) is 2.66. The standard InChI is InChI=1S/C14H10F2N2S/c1-8-2-3-12-13(4-8)19-14(18-12)17-11-6-9(15)5-10(16)7-11/h2-7H,1H3,(H,17,18). The molecule has 0 aliphatic rings. The van der Waals surface area contributed by atoms with E-state index >= 15 is 0 Å². The molecule has 0 bridgehead atoms. The fourth-order valence-corrected chi connectivity index (χ4v) is 2.82. The van der Waals surface area contributed by atoms with Crippen molar-refractivity contribution in [1.29, 1.82) is 0 Å². The molecule has 3 rings (SSSR count). The van der Waals surface area contributed by atoms with Gasteiger partial charge in [-0.3, -0.25) is 0 Å². The van der Waals surface area contributed by atoms with Crippen molar-refractivity contribution < 1.29 is 8.78 Å². The number of hydrogen-bond donors (Lipinski definition) is 1. The molecule has 5 heteroatoms. The highest BCUT2D eigenvalue weighted by Gasteiger charge is 2.06. The molecular formula is C14H10F2N2S. The Morgan fingerprint density at radius 3 is 2.53 bits per heavy atom. The monoisotopic (exact) mass is 276 g/mol. The lowest BCUT2D eigenvalue weighted by Gasteiger charge is -2.02. The molecule has 0 aliphatic heterocycles. The molecule has 0 spiro atoms. The number of benzene rings is 2. The Morgan fingerprint density at radius 1 is 1.05 bits per heavy atom. The smallest absolute Gasteiger partial charge is 0.188 e. The van der Waals surface area contributed by atoms with Gasteiger partial charge in [0.1, 0.15) is 11.6 Å². The molecule has 0 fully saturated rings. The zero-order chi connectivity index (χ0) is 13.4. The Balaban J connectivity index is 1.96. The molecule has 0 saturated heterocycles. The number of nitrogens with zero attached hydrogens (tertiary/aromatic N) is 1. The van der Waals surface area contributed by atoms with Gasteiger partial charge < -0.3 is 5.32 Å². The Labute approximate surface area is 112 Å². The average molecular weight is 276 g/mol. The number of thiazole rings is 1. The van der Waals surface area contributed by atoms with Crippen LogP contribution < -0.4 is 5.32 Å². The minimum Gasteiger partial charge on any atom is -0.331 e. The van der Waals surface area contributed by atoms with Gasteiger partial charge >= 0.3 is 0 Å². The minimum atomic E-state index is -0.612. The van der Waals surface area contributed by atoms with E-state index in [4.69, 9.17) is 0 Å². The van der Waals surface area contributed by atoms with Gasteiger partial charge in [-0.15, -0.1) is 0 Å². The summed E-state index contributed by atoms with van der Waals surface area (Å²) in [6.45, 7) is 2.01. The average Bonchev–Trinajstić information content (AvgIpc) is 2.68. The Hall–Kier alpha value is -2.01. The maximum atomic E-state index is 13.1. The van der Waals surface area contributed by atoms with E-state index in [0.717, 1.165) is 21.8 Å². The van der Waals surface area contributed by atoms with Crippen molar-refractivity contribution in [1.82, 2.24) is 4.98 Å². The van der Waals surface area contributed by atoms with E-state index in [9.17, 15) is 8.78 Å². The van der Waals surface area contributed by atoms with Crippen LogP contribution in [-0.2, 0) is 0 Å². The largest absolute Gasteiger partial charge is 0.331 e. The highest BCUT2D eigenvalue weighted by atomic mass is 32.1. The van der Waals surface area contributed by atoms with Gasteiger partial charge in [-0.2, -0.15) is 0 Å². The fraction of sp³-hybridized carbons (Fsp3) is 0.0714. The summed E-state index contributed by atoms with van der Waals surface area (Å²) in [5.41, 5.74) is 2.38. The van der Waals surface area contributed by atoms with Crippen molar-refractivity contribution in [2.75, 3.05) is 5.32 Å². The Bertz CT molecular complexity index is 732. The molecule has 96 valence electrons. The van der Waals surface area contributed by atoms with Crippen molar-refractivity contribution in [3.8, 4) is 0 Å². The van der Waals surface area contributed by atoms with Crippen LogP contribution in [0.1, 0.15) is 5.56 Å². The molecule has 0 aliphatic carbocycles. The molecule has 0 amide bonds. The highest BCUT2D eigenvalue weighted by Crippen LogP contribution is 2.29. The summed E-state index contributed by atoms with van der Waals surface area (Å²) in [7, 11) is 0. The van der Waals surface area contributed by atoms with Crippen LogP contribution in [0.25, 0.3) is 10.2 Å². The highest BCUT2D eigenvalue weighted by molar-refractivity contribution is 7.22. The Kier molecular flexibility index (Phi) is 2.91. The SMILES string of the molecule is Cc1ccc2nc(Nc3cc(F)cc(F)c3)sc2c1. The van der Waals surface area contributed by atoms with Crippen LogP contribution in [-0.4, -0.2) is 4.98 Å². The maximum Gasteiger partial charge on any atom is 0.188 e. The number of anilines is 2. The van der Waals surface area contributed by atoms with Crippen molar-refractivity contribution in [2.24, 2.45) is 0 Å². The summed E-state index contributed by atoms with van der Waals surface area (Å²) >= 11 is 1.45. The molecule has 0 atom stereocenters. The Morgan fingerprint density at radius 2 is 1.79 bits per heavy atom. The predicted molar refractivity (Wildman–Crippen MR) is 74.0 cm³/mol. The van der Waals surface area contributed by atoms with E-state index in [1.165, 1.54) is 23.5 Å². The normalized spacial score (nSPS) is 10.9. The van der Waals surface area contributed by atoms with E-state index in [-0.39, 0.29) is 0 Å². The number of aryl methyl sites for hydroxylation is 1. The number of rotatable bonds is 2. The first kappa shape index (κ1) is 12.0. The first-order chi connectivity index (χ1) is 9.10. The van der Waals surface area contributed by atoms with Crippen LogP contribution in [0.3, 0.4) is 0 Å². The third-order valence-corrected chi connectivity index (χ3v) is 3.59. The lowest BCUT2D eigenvalue weighted by atomic mass is 10.2. The van der Waals surface area contributed by atoms with Gasteiger partial charge in [-0.05, 0) is 36.8 Å². The number of hydrogen-bond acceptors (Lipinski definition) is 3. The number of fused-ring (bicyclic) bond motifs is 1. The molecule has 0 radical (unpaired) electrons. The summed E-state index contributed by atoms with van der Waals surface area (Å²) in [6.07, 6.45) is 0. The first-order valence-electron chi connectivity index (χ1n) is 5.70. The lowest BCUT2D eigenvalue weighted by molar-refractivity contribution is 0.584. The second kappa shape index (κ2) is 4.59. The predicted octanol–water partition coefficient (Wildman–Crippen LogP) is 4.63. The van der Waals surface area contributed by atoms with Crippen molar-refractivity contribution in [2.45, 2.75) is 6.92 Å². The van der Waals surface area contributed by atoms with Crippen LogP contribution in [0, 0.1) is 18.6 Å². The van der Waals surface area contributed by atoms with Gasteiger partial charge in [0, 0.05) is 11.8 Å². The molecule has 0 unspecified atom stereocenters. The third kappa shape index (κ3) is 2.56. The van der Waals surface area contributed by atoms with Gasteiger partial charge in [0.2, 0.25) is 0 Å². The number of aromatic nitrogens is 1. The quantitative estimate of drug-likeness (QED) is 0.738. The molecular weight excluding hydrogens is 266 g/mol. The van der Waals surface area contributed by atoms with Crippen LogP contribution in [0.2, 0.25) is 0 Å². The van der Waals surface area contributed by atoms with Crippen molar-refractivity contribution >= 4 is 32.4 Å². The van der Waals surface area contributed by atoms with E-state index in [1.54, 1.807) is 0 Å². The summed E-state index contributed by atoms with van der Waals surface area (Å²) in [4.78, 5) is 4.37. The van der Waals surface area contributed by atoms with Crippen LogP contribution in [0.5, 0.6) is 0 Å². The molecule has 19 heavy (non-hydrogen) atoms.